The van der Waals surface area contributed by atoms with Crippen LogP contribution in [0.4, 0.5) is 0 Å². The van der Waals surface area contributed by atoms with Gasteiger partial charge in [-0.25, -0.2) is 0 Å². The van der Waals surface area contributed by atoms with Crippen molar-refractivity contribution in [1.29, 1.82) is 0 Å². The van der Waals surface area contributed by atoms with E-state index in [1.807, 2.05) is 6.92 Å². The fraction of sp³-hybridized carbons (Fsp3) is 0.333. The van der Waals surface area contributed by atoms with Crippen molar-refractivity contribution in [2.75, 3.05) is 0 Å². The van der Waals surface area contributed by atoms with Gasteiger partial charge in [-0.1, -0.05) is 12.2 Å². The van der Waals surface area contributed by atoms with Crippen LogP contribution >= 0.6 is 0 Å². The van der Waals surface area contributed by atoms with E-state index in [9.17, 15) is 5.11 Å². The molecule has 0 rings (SSSR count). The van der Waals surface area contributed by atoms with Crippen LogP contribution < -0.4 is 5.73 Å². The van der Waals surface area contributed by atoms with Crippen LogP contribution in [0.2, 0.25) is 0 Å². The summed E-state index contributed by atoms with van der Waals surface area (Å²) in [5.41, 5.74) is 6.73. The lowest BCUT2D eigenvalue weighted by Crippen LogP contribution is -2.02. The molecule has 0 amide bonds. The third-order valence-electron chi connectivity index (χ3n) is 1.44. The first-order valence-corrected chi connectivity index (χ1v) is 3.55. The summed E-state index contributed by atoms with van der Waals surface area (Å²) in [6.07, 6.45) is 4.07. The summed E-state index contributed by atoms with van der Waals surface area (Å²) in [7, 11) is 0. The minimum Gasteiger partial charge on any atom is -0.506 e. The van der Waals surface area contributed by atoms with Gasteiger partial charge in [0.05, 0.1) is 5.70 Å². The molecule has 2 heteroatoms. The largest absolute Gasteiger partial charge is 0.506 e. The first kappa shape index (κ1) is 9.82. The molecule has 0 unspecified atom stereocenters. The highest BCUT2D eigenvalue weighted by molar-refractivity contribution is 5.26. The molecular weight excluding hydrogens is 138 g/mol. The molecule has 0 fully saturated rings. The Hall–Kier alpha value is -1.18. The number of rotatable bonds is 3. The molecule has 0 saturated heterocycles. The molecule has 0 aliphatic heterocycles. The Morgan fingerprint density at radius 1 is 1.64 bits per heavy atom. The molecule has 0 aliphatic carbocycles. The van der Waals surface area contributed by atoms with Crippen LogP contribution in [0.1, 0.15) is 20.3 Å². The third kappa shape index (κ3) is 2.94. The van der Waals surface area contributed by atoms with Gasteiger partial charge in [0.15, 0.2) is 0 Å². The van der Waals surface area contributed by atoms with Crippen molar-refractivity contribution in [1.82, 2.24) is 0 Å². The molecule has 0 aliphatic rings. The van der Waals surface area contributed by atoms with Gasteiger partial charge in [0.25, 0.3) is 0 Å². The average molecular weight is 153 g/mol. The predicted molar refractivity (Wildman–Crippen MR) is 48.1 cm³/mol. The maximum atomic E-state index is 9.36. The normalized spacial score (nSPS) is 14.2. The molecule has 3 N–H and O–H groups in total. The Kier molecular flexibility index (Phi) is 4.11. The number of allylic oxidation sites excluding steroid dienone is 3. The molecule has 0 radical (unpaired) electrons. The summed E-state index contributed by atoms with van der Waals surface area (Å²) in [5, 5.41) is 9.36. The van der Waals surface area contributed by atoms with E-state index in [2.05, 4.69) is 6.58 Å². The highest BCUT2D eigenvalue weighted by Gasteiger charge is 1.99. The molecule has 0 aromatic rings. The molecule has 0 atom stereocenters. The zero-order valence-electron chi connectivity index (χ0n) is 7.09. The van der Waals surface area contributed by atoms with Gasteiger partial charge in [-0.3, -0.25) is 0 Å². The van der Waals surface area contributed by atoms with Crippen LogP contribution in [0.25, 0.3) is 0 Å². The Balaban J connectivity index is 4.51. The topological polar surface area (TPSA) is 46.2 Å². The van der Waals surface area contributed by atoms with Crippen LogP contribution in [-0.4, -0.2) is 5.11 Å². The zero-order chi connectivity index (χ0) is 8.85. The molecule has 0 spiro atoms. The van der Waals surface area contributed by atoms with Gasteiger partial charge < -0.3 is 10.8 Å². The van der Waals surface area contributed by atoms with Crippen LogP contribution in [0.3, 0.4) is 0 Å². The van der Waals surface area contributed by atoms with Gasteiger partial charge in [-0.15, -0.1) is 6.58 Å². The summed E-state index contributed by atoms with van der Waals surface area (Å²) in [6.45, 7) is 7.17. The smallest absolute Gasteiger partial charge is 0.137 e. The Morgan fingerprint density at radius 3 is 2.55 bits per heavy atom. The monoisotopic (exact) mass is 153 g/mol. The molecule has 0 saturated carbocycles. The summed E-state index contributed by atoms with van der Waals surface area (Å²) in [4.78, 5) is 0. The average Bonchev–Trinajstić information content (AvgIpc) is 2.02. The molecular formula is C9H15NO. The molecule has 11 heavy (non-hydrogen) atoms. The number of hydrogen-bond acceptors (Lipinski definition) is 2. The van der Waals surface area contributed by atoms with Crippen molar-refractivity contribution in [2.24, 2.45) is 5.73 Å². The minimum absolute atomic E-state index is 0.174. The van der Waals surface area contributed by atoms with E-state index in [1.165, 1.54) is 0 Å². The van der Waals surface area contributed by atoms with Crippen LogP contribution in [0.15, 0.2) is 35.8 Å². The molecule has 0 bridgehead atoms. The van der Waals surface area contributed by atoms with Crippen molar-refractivity contribution in [3.8, 4) is 0 Å². The minimum atomic E-state index is 0.174. The van der Waals surface area contributed by atoms with Gasteiger partial charge in [0.1, 0.15) is 5.76 Å². The standard InChI is InChI=1S/C9H15NO/c1-4-6-7(3)9(11)8(10)5-2/h4-5,11H,1,6,10H2,2-3H3/b8-5+,9-7-. The van der Waals surface area contributed by atoms with Gasteiger partial charge in [0, 0.05) is 0 Å². The molecule has 0 aromatic heterocycles. The van der Waals surface area contributed by atoms with Crippen LogP contribution in [0, 0.1) is 0 Å². The second-order valence-electron chi connectivity index (χ2n) is 2.37. The Morgan fingerprint density at radius 2 is 2.18 bits per heavy atom. The van der Waals surface area contributed by atoms with E-state index in [1.54, 1.807) is 19.1 Å². The quantitative estimate of drug-likeness (QED) is 0.371. The van der Waals surface area contributed by atoms with Gasteiger partial charge in [-0.05, 0) is 25.8 Å². The fourth-order valence-electron chi connectivity index (χ4n) is 0.696. The van der Waals surface area contributed by atoms with Crippen molar-refractivity contribution < 1.29 is 5.11 Å². The van der Waals surface area contributed by atoms with E-state index in [0.29, 0.717) is 12.1 Å². The first-order valence-electron chi connectivity index (χ1n) is 3.55. The summed E-state index contributed by atoms with van der Waals surface area (Å²) < 4.78 is 0. The summed E-state index contributed by atoms with van der Waals surface area (Å²) in [6, 6.07) is 0. The number of aliphatic hydroxyl groups excluding tert-OH is 1. The second-order valence-corrected chi connectivity index (χ2v) is 2.37. The number of aliphatic hydroxyl groups is 1. The van der Waals surface area contributed by atoms with Gasteiger partial charge >= 0.3 is 0 Å². The Labute approximate surface area is 67.7 Å². The van der Waals surface area contributed by atoms with E-state index in [-0.39, 0.29) is 5.76 Å². The Bertz CT molecular complexity index is 202. The van der Waals surface area contributed by atoms with Crippen molar-refractivity contribution >= 4 is 0 Å². The summed E-state index contributed by atoms with van der Waals surface area (Å²) in [5.74, 6) is 0.174. The van der Waals surface area contributed by atoms with E-state index in [4.69, 9.17) is 5.73 Å². The lowest BCUT2D eigenvalue weighted by molar-refractivity contribution is 0.413. The molecule has 0 heterocycles. The van der Waals surface area contributed by atoms with Crippen molar-refractivity contribution in [3.63, 3.8) is 0 Å². The van der Waals surface area contributed by atoms with Crippen molar-refractivity contribution in [2.45, 2.75) is 20.3 Å². The first-order chi connectivity index (χ1) is 5.13. The number of hydrogen-bond donors (Lipinski definition) is 2. The summed E-state index contributed by atoms with van der Waals surface area (Å²) >= 11 is 0. The van der Waals surface area contributed by atoms with E-state index >= 15 is 0 Å². The van der Waals surface area contributed by atoms with Gasteiger partial charge in [0.2, 0.25) is 0 Å². The zero-order valence-corrected chi connectivity index (χ0v) is 7.09. The molecule has 0 aromatic carbocycles. The lowest BCUT2D eigenvalue weighted by atomic mass is 10.1. The van der Waals surface area contributed by atoms with Crippen LogP contribution in [-0.2, 0) is 0 Å². The SMILES string of the molecule is C=CC/C(C)=C(O)/C(N)=C\C. The molecule has 2 nitrogen and oxygen atoms in total. The highest BCUT2D eigenvalue weighted by atomic mass is 16.3. The van der Waals surface area contributed by atoms with Crippen LogP contribution in [0.5, 0.6) is 0 Å². The van der Waals surface area contributed by atoms with E-state index in [0.717, 1.165) is 5.57 Å². The van der Waals surface area contributed by atoms with Gasteiger partial charge in [-0.2, -0.15) is 0 Å². The van der Waals surface area contributed by atoms with Crippen molar-refractivity contribution in [3.05, 3.63) is 35.8 Å². The molecule has 62 valence electrons. The van der Waals surface area contributed by atoms with E-state index < -0.39 is 0 Å². The fourth-order valence-corrected chi connectivity index (χ4v) is 0.696. The predicted octanol–water partition coefficient (Wildman–Crippen LogP) is 2.26. The maximum Gasteiger partial charge on any atom is 0.137 e. The lowest BCUT2D eigenvalue weighted by Gasteiger charge is -2.03. The maximum absolute atomic E-state index is 9.36. The third-order valence-corrected chi connectivity index (χ3v) is 1.44. The second kappa shape index (κ2) is 4.61. The highest BCUT2D eigenvalue weighted by Crippen LogP contribution is 2.10. The number of nitrogens with two attached hydrogens (primary N) is 1.